The molecule has 0 aliphatic carbocycles. The van der Waals surface area contributed by atoms with Crippen molar-refractivity contribution < 1.29 is 37.3 Å². The minimum atomic E-state index is 0. The summed E-state index contributed by atoms with van der Waals surface area (Å²) in [4.78, 5) is 8.58. The molecule has 0 atom stereocenters. The first kappa shape index (κ1) is 17.6. The Balaban J connectivity index is 0.00000192. The van der Waals surface area contributed by atoms with E-state index >= 15 is 0 Å². The van der Waals surface area contributed by atoms with Crippen LogP contribution in [0.4, 0.5) is 5.69 Å². The van der Waals surface area contributed by atoms with Gasteiger partial charge in [-0.05, 0) is 24.4 Å². The predicted molar refractivity (Wildman–Crippen MR) is 87.1 cm³/mol. The molecule has 3 rings (SSSR count). The van der Waals surface area contributed by atoms with E-state index in [0.717, 1.165) is 16.8 Å². The van der Waals surface area contributed by atoms with Crippen molar-refractivity contribution in [2.45, 2.75) is 6.92 Å². The number of aryl methyl sites for hydroxylation is 2. The van der Waals surface area contributed by atoms with Gasteiger partial charge in [0.2, 0.25) is 0 Å². The monoisotopic (exact) mass is 375 g/mol. The van der Waals surface area contributed by atoms with Gasteiger partial charge in [-0.15, -0.1) is 29.8 Å². The molecule has 0 saturated heterocycles. The molecule has 1 radical (unpaired) electrons. The molecular weight excluding hydrogens is 359 g/mol. The van der Waals surface area contributed by atoms with Gasteiger partial charge in [-0.3, -0.25) is 0 Å². The third-order valence-corrected chi connectivity index (χ3v) is 3.45. The van der Waals surface area contributed by atoms with E-state index in [0.29, 0.717) is 5.69 Å². The van der Waals surface area contributed by atoms with E-state index in [2.05, 4.69) is 41.4 Å². The first-order chi connectivity index (χ1) is 10.8. The SMILES string of the molecule is Cc1ccccc1-c1c(N=[C-]c2ccccc2)[c-]nc[n+]1C.[Y]. The Morgan fingerprint density at radius 1 is 1.04 bits per heavy atom. The number of nitrogens with zero attached hydrogens (tertiary/aromatic N) is 3. The van der Waals surface area contributed by atoms with Crippen LogP contribution in [-0.2, 0) is 39.8 Å². The molecule has 111 valence electrons. The van der Waals surface area contributed by atoms with Crippen molar-refractivity contribution in [2.75, 3.05) is 0 Å². The molecule has 3 nitrogen and oxygen atoms in total. The van der Waals surface area contributed by atoms with E-state index in [1.165, 1.54) is 5.56 Å². The first-order valence-corrected chi connectivity index (χ1v) is 7.10. The Kier molecular flexibility index (Phi) is 6.32. The van der Waals surface area contributed by atoms with Gasteiger partial charge in [0, 0.05) is 44.6 Å². The maximum absolute atomic E-state index is 4.47. The smallest absolute Gasteiger partial charge is 0.175 e. The zero-order valence-corrected chi connectivity index (χ0v) is 16.0. The maximum atomic E-state index is 4.47. The maximum Gasteiger partial charge on any atom is 0.175 e. The normalized spacial score (nSPS) is 10.5. The molecule has 2 aromatic carbocycles. The zero-order chi connectivity index (χ0) is 15.4. The van der Waals surface area contributed by atoms with Gasteiger partial charge >= 0.3 is 0 Å². The fourth-order valence-electron chi connectivity index (χ4n) is 2.32. The minimum Gasteiger partial charge on any atom is -0.370 e. The summed E-state index contributed by atoms with van der Waals surface area (Å²) in [6.45, 7) is 2.09. The van der Waals surface area contributed by atoms with Crippen molar-refractivity contribution in [1.29, 1.82) is 0 Å². The Morgan fingerprint density at radius 3 is 2.48 bits per heavy atom. The van der Waals surface area contributed by atoms with Crippen molar-refractivity contribution in [3.8, 4) is 11.3 Å². The Morgan fingerprint density at radius 2 is 1.74 bits per heavy atom. The van der Waals surface area contributed by atoms with Crippen molar-refractivity contribution in [2.24, 2.45) is 12.0 Å². The molecule has 0 aliphatic rings. The van der Waals surface area contributed by atoms with Gasteiger partial charge in [0.1, 0.15) is 0 Å². The number of aliphatic imine (C=N–C) groups is 1. The third kappa shape index (κ3) is 4.18. The summed E-state index contributed by atoms with van der Waals surface area (Å²) in [5.41, 5.74) is 4.91. The fraction of sp³-hybridized carbons (Fsp3) is 0.105. The molecular formula is C19H16N3Y-. The molecule has 0 unspecified atom stereocenters. The number of aromatic nitrogens is 2. The van der Waals surface area contributed by atoms with Crippen LogP contribution < -0.4 is 4.57 Å². The van der Waals surface area contributed by atoms with Crippen LogP contribution in [0.1, 0.15) is 11.1 Å². The standard InChI is InChI=1S/C19H16N3.Y/c1-15-8-6-7-11-17(15)19-18(13-20-14-22(19)2)21-12-16-9-4-3-5-10-16;/h3-11,14H,1-2H3;/q-1;. The van der Waals surface area contributed by atoms with Crippen molar-refractivity contribution in [1.82, 2.24) is 4.98 Å². The number of hydrogen-bond donors (Lipinski definition) is 0. The first-order valence-electron chi connectivity index (χ1n) is 7.10. The second kappa shape index (κ2) is 8.23. The summed E-state index contributed by atoms with van der Waals surface area (Å²) in [5.74, 6) is 0. The van der Waals surface area contributed by atoms with Crippen LogP contribution in [-0.4, -0.2) is 11.2 Å². The van der Waals surface area contributed by atoms with Crippen LogP contribution in [0.3, 0.4) is 0 Å². The van der Waals surface area contributed by atoms with Gasteiger partial charge in [0.05, 0.1) is 7.05 Å². The van der Waals surface area contributed by atoms with Crippen LogP contribution in [0.25, 0.3) is 11.3 Å². The fourth-order valence-corrected chi connectivity index (χ4v) is 2.32. The van der Waals surface area contributed by atoms with Gasteiger partial charge < -0.3 is 9.56 Å². The van der Waals surface area contributed by atoms with E-state index < -0.39 is 0 Å². The summed E-state index contributed by atoms with van der Waals surface area (Å²) in [7, 11) is 1.96. The minimum absolute atomic E-state index is 0. The average molecular weight is 375 g/mol. The Labute approximate surface area is 162 Å². The second-order valence-electron chi connectivity index (χ2n) is 5.07. The molecule has 0 saturated carbocycles. The third-order valence-electron chi connectivity index (χ3n) is 3.45. The molecule has 4 heteroatoms. The van der Waals surface area contributed by atoms with E-state index in [-0.39, 0.29) is 32.7 Å². The molecule has 1 aromatic heterocycles. The van der Waals surface area contributed by atoms with Crippen LogP contribution in [0, 0.1) is 13.1 Å². The van der Waals surface area contributed by atoms with Gasteiger partial charge in [0.15, 0.2) is 6.33 Å². The van der Waals surface area contributed by atoms with Crippen LogP contribution in [0.15, 0.2) is 65.9 Å². The van der Waals surface area contributed by atoms with Crippen LogP contribution in [0.5, 0.6) is 0 Å². The zero-order valence-electron chi connectivity index (χ0n) is 13.2. The second-order valence-corrected chi connectivity index (χ2v) is 5.07. The molecule has 0 aliphatic heterocycles. The van der Waals surface area contributed by atoms with Crippen molar-refractivity contribution >= 4 is 11.9 Å². The number of hydrogen-bond acceptors (Lipinski definition) is 2. The van der Waals surface area contributed by atoms with Gasteiger partial charge in [0.25, 0.3) is 0 Å². The van der Waals surface area contributed by atoms with Gasteiger partial charge in [-0.1, -0.05) is 35.9 Å². The molecule has 0 bridgehead atoms. The summed E-state index contributed by atoms with van der Waals surface area (Å²) < 4.78 is 1.96. The van der Waals surface area contributed by atoms with E-state index in [1.54, 1.807) is 6.33 Å². The van der Waals surface area contributed by atoms with Crippen LogP contribution in [0.2, 0.25) is 0 Å². The summed E-state index contributed by atoms with van der Waals surface area (Å²) >= 11 is 0. The van der Waals surface area contributed by atoms with Crippen molar-refractivity contribution in [3.05, 3.63) is 78.2 Å². The van der Waals surface area contributed by atoms with E-state index in [9.17, 15) is 0 Å². The molecule has 3 aromatic rings. The Hall–Kier alpha value is -1.71. The number of benzene rings is 2. The largest absolute Gasteiger partial charge is 0.370 e. The van der Waals surface area contributed by atoms with Crippen LogP contribution >= 0.6 is 0 Å². The molecule has 0 N–H and O–H groups in total. The van der Waals surface area contributed by atoms with Crippen molar-refractivity contribution in [3.63, 3.8) is 0 Å². The Bertz CT molecular complexity index is 814. The van der Waals surface area contributed by atoms with Gasteiger partial charge in [-0.25, -0.2) is 0 Å². The summed E-state index contributed by atoms with van der Waals surface area (Å²) in [5, 5.41) is 0. The predicted octanol–water partition coefficient (Wildman–Crippen LogP) is 3.31. The molecule has 1 heterocycles. The molecule has 0 fully saturated rings. The molecule has 0 spiro atoms. The van der Waals surface area contributed by atoms with E-state index in [1.807, 2.05) is 54.1 Å². The quantitative estimate of drug-likeness (QED) is 0.392. The number of rotatable bonds is 3. The average Bonchev–Trinajstić information content (AvgIpc) is 2.55. The molecule has 23 heavy (non-hydrogen) atoms. The summed E-state index contributed by atoms with van der Waals surface area (Å²) in [6, 6.07) is 18.1. The van der Waals surface area contributed by atoms with Gasteiger partial charge in [-0.2, -0.15) is 4.98 Å². The van der Waals surface area contributed by atoms with E-state index in [4.69, 9.17) is 0 Å². The molecule has 0 amide bonds. The topological polar surface area (TPSA) is 29.1 Å². The summed E-state index contributed by atoms with van der Waals surface area (Å²) in [6.07, 6.45) is 7.77.